The standard InChI is InChI=1S/C6H13O3/c1-3-8-4-5-9-6-7-2/h1,3-6H2,2H3. The van der Waals surface area contributed by atoms with Gasteiger partial charge in [-0.1, -0.05) is 0 Å². The Morgan fingerprint density at radius 1 is 1.22 bits per heavy atom. The highest BCUT2D eigenvalue weighted by Gasteiger charge is 1.83. The SMILES string of the molecule is [CH2]COCCOCOC. The molecule has 3 heteroatoms. The zero-order chi connectivity index (χ0) is 6.95. The second kappa shape index (κ2) is 7.88. The molecule has 0 aliphatic heterocycles. The van der Waals surface area contributed by atoms with Crippen molar-refractivity contribution < 1.29 is 14.2 Å². The Bertz CT molecular complexity index is 41.6. The van der Waals surface area contributed by atoms with Crippen LogP contribution < -0.4 is 0 Å². The molecule has 0 saturated heterocycles. The summed E-state index contributed by atoms with van der Waals surface area (Å²) in [6.45, 7) is 5.49. The molecule has 0 rings (SSSR count). The minimum Gasteiger partial charge on any atom is -0.379 e. The van der Waals surface area contributed by atoms with E-state index in [1.54, 1.807) is 7.11 Å². The summed E-state index contributed by atoms with van der Waals surface area (Å²) in [7, 11) is 1.59. The third kappa shape index (κ3) is 7.88. The van der Waals surface area contributed by atoms with Crippen molar-refractivity contribution in [2.24, 2.45) is 0 Å². The molecule has 0 aliphatic carbocycles. The molecule has 0 aliphatic rings. The largest absolute Gasteiger partial charge is 0.379 e. The molecule has 0 N–H and O–H groups in total. The third-order valence-corrected chi connectivity index (χ3v) is 0.718. The predicted molar refractivity (Wildman–Crippen MR) is 34.0 cm³/mol. The van der Waals surface area contributed by atoms with Gasteiger partial charge in [0.1, 0.15) is 6.79 Å². The van der Waals surface area contributed by atoms with E-state index >= 15 is 0 Å². The Morgan fingerprint density at radius 3 is 2.44 bits per heavy atom. The van der Waals surface area contributed by atoms with Crippen LogP contribution >= 0.6 is 0 Å². The van der Waals surface area contributed by atoms with Crippen molar-refractivity contribution in [1.82, 2.24) is 0 Å². The Hall–Kier alpha value is -0.120. The summed E-state index contributed by atoms with van der Waals surface area (Å²) in [4.78, 5) is 0. The van der Waals surface area contributed by atoms with E-state index in [0.29, 0.717) is 26.6 Å². The van der Waals surface area contributed by atoms with Crippen LogP contribution in [0.5, 0.6) is 0 Å². The Labute approximate surface area is 55.9 Å². The van der Waals surface area contributed by atoms with Gasteiger partial charge in [0.15, 0.2) is 0 Å². The summed E-state index contributed by atoms with van der Waals surface area (Å²) in [6.07, 6.45) is 0. The third-order valence-electron chi connectivity index (χ3n) is 0.718. The quantitative estimate of drug-likeness (QED) is 0.389. The van der Waals surface area contributed by atoms with Crippen LogP contribution in [0.25, 0.3) is 0 Å². The van der Waals surface area contributed by atoms with Crippen molar-refractivity contribution in [3.63, 3.8) is 0 Å². The lowest BCUT2D eigenvalue weighted by molar-refractivity contribution is -0.0485. The number of ether oxygens (including phenoxy) is 3. The van der Waals surface area contributed by atoms with E-state index in [2.05, 4.69) is 11.7 Å². The number of methoxy groups -OCH3 is 1. The van der Waals surface area contributed by atoms with Crippen LogP contribution in [0.1, 0.15) is 0 Å². The molecule has 0 aromatic carbocycles. The lowest BCUT2D eigenvalue weighted by Gasteiger charge is -2.01. The summed E-state index contributed by atoms with van der Waals surface area (Å²) >= 11 is 0. The van der Waals surface area contributed by atoms with Crippen molar-refractivity contribution in [2.75, 3.05) is 33.7 Å². The van der Waals surface area contributed by atoms with Crippen molar-refractivity contribution in [3.8, 4) is 0 Å². The van der Waals surface area contributed by atoms with Crippen molar-refractivity contribution >= 4 is 0 Å². The normalized spacial score (nSPS) is 10.0. The first-order valence-corrected chi connectivity index (χ1v) is 2.85. The van der Waals surface area contributed by atoms with E-state index in [0.717, 1.165) is 0 Å². The molecule has 1 radical (unpaired) electrons. The number of hydrogen-bond acceptors (Lipinski definition) is 3. The topological polar surface area (TPSA) is 27.7 Å². The highest BCUT2D eigenvalue weighted by Crippen LogP contribution is 1.76. The van der Waals surface area contributed by atoms with Gasteiger partial charge < -0.3 is 14.2 Å². The molecule has 0 bridgehead atoms. The van der Waals surface area contributed by atoms with Crippen molar-refractivity contribution in [1.29, 1.82) is 0 Å². The molecule has 9 heavy (non-hydrogen) atoms. The Morgan fingerprint density at radius 2 is 1.89 bits per heavy atom. The van der Waals surface area contributed by atoms with E-state index in [1.165, 1.54) is 0 Å². The maximum atomic E-state index is 4.91. The van der Waals surface area contributed by atoms with Gasteiger partial charge in [0.05, 0.1) is 13.2 Å². The first kappa shape index (κ1) is 8.88. The fourth-order valence-electron chi connectivity index (χ4n) is 0.362. The molecule has 0 saturated carbocycles. The molecule has 0 fully saturated rings. The first-order chi connectivity index (χ1) is 4.41. The molecule has 0 aromatic heterocycles. The molecule has 0 heterocycles. The molecule has 0 aromatic rings. The van der Waals surface area contributed by atoms with Crippen LogP contribution in [0.2, 0.25) is 0 Å². The Balaban J connectivity index is 2.60. The van der Waals surface area contributed by atoms with Crippen LogP contribution in [0.3, 0.4) is 0 Å². The minimum absolute atomic E-state index is 0.334. The molecular weight excluding hydrogens is 120 g/mol. The van der Waals surface area contributed by atoms with Crippen LogP contribution in [-0.2, 0) is 14.2 Å². The van der Waals surface area contributed by atoms with E-state index in [9.17, 15) is 0 Å². The molecule has 0 unspecified atom stereocenters. The second-order valence-electron chi connectivity index (χ2n) is 1.43. The lowest BCUT2D eigenvalue weighted by Crippen LogP contribution is -2.05. The highest BCUT2D eigenvalue weighted by atomic mass is 16.7. The lowest BCUT2D eigenvalue weighted by atomic mass is 10.7. The van der Waals surface area contributed by atoms with Crippen LogP contribution in [0.15, 0.2) is 0 Å². The van der Waals surface area contributed by atoms with Crippen molar-refractivity contribution in [2.45, 2.75) is 0 Å². The van der Waals surface area contributed by atoms with Gasteiger partial charge in [-0.25, -0.2) is 0 Å². The van der Waals surface area contributed by atoms with Gasteiger partial charge in [0.2, 0.25) is 0 Å². The van der Waals surface area contributed by atoms with E-state index < -0.39 is 0 Å². The smallest absolute Gasteiger partial charge is 0.146 e. The van der Waals surface area contributed by atoms with E-state index in [-0.39, 0.29) is 0 Å². The van der Waals surface area contributed by atoms with E-state index in [4.69, 9.17) is 9.47 Å². The van der Waals surface area contributed by atoms with Gasteiger partial charge >= 0.3 is 0 Å². The fraction of sp³-hybridized carbons (Fsp3) is 0.833. The summed E-state index contributed by atoms with van der Waals surface area (Å²) in [6, 6.07) is 0. The van der Waals surface area contributed by atoms with Gasteiger partial charge in [-0.15, -0.1) is 0 Å². The summed E-state index contributed by atoms with van der Waals surface area (Å²) in [5.74, 6) is 0. The monoisotopic (exact) mass is 133 g/mol. The second-order valence-corrected chi connectivity index (χ2v) is 1.43. The van der Waals surface area contributed by atoms with Crippen molar-refractivity contribution in [3.05, 3.63) is 6.92 Å². The molecule has 55 valence electrons. The summed E-state index contributed by atoms with van der Waals surface area (Å²) in [5.41, 5.74) is 0. The van der Waals surface area contributed by atoms with Crippen LogP contribution in [-0.4, -0.2) is 33.7 Å². The number of rotatable bonds is 6. The highest BCUT2D eigenvalue weighted by molar-refractivity contribution is 4.30. The molecule has 3 nitrogen and oxygen atoms in total. The zero-order valence-corrected chi connectivity index (χ0v) is 5.76. The molecule has 0 amide bonds. The van der Waals surface area contributed by atoms with Gasteiger partial charge in [0.25, 0.3) is 0 Å². The van der Waals surface area contributed by atoms with Gasteiger partial charge in [-0.3, -0.25) is 0 Å². The van der Waals surface area contributed by atoms with Crippen LogP contribution in [0.4, 0.5) is 0 Å². The van der Waals surface area contributed by atoms with Gasteiger partial charge in [-0.05, 0) is 6.92 Å². The van der Waals surface area contributed by atoms with Gasteiger partial charge in [-0.2, -0.15) is 0 Å². The maximum Gasteiger partial charge on any atom is 0.146 e. The average molecular weight is 133 g/mol. The van der Waals surface area contributed by atoms with Crippen LogP contribution in [0, 0.1) is 6.92 Å². The predicted octanol–water partition coefficient (Wildman–Crippen LogP) is 0.458. The molecule has 0 atom stereocenters. The fourth-order valence-corrected chi connectivity index (χ4v) is 0.362. The minimum atomic E-state index is 0.334. The zero-order valence-electron chi connectivity index (χ0n) is 5.76. The number of hydrogen-bond donors (Lipinski definition) is 0. The first-order valence-electron chi connectivity index (χ1n) is 2.85. The van der Waals surface area contributed by atoms with E-state index in [1.807, 2.05) is 0 Å². The average Bonchev–Trinajstić information content (AvgIpc) is 1.89. The summed E-state index contributed by atoms with van der Waals surface area (Å²) < 4.78 is 14.4. The maximum absolute atomic E-state index is 4.91. The summed E-state index contributed by atoms with van der Waals surface area (Å²) in [5, 5.41) is 0. The molecular formula is C6H13O3. The molecule has 0 spiro atoms. The van der Waals surface area contributed by atoms with Gasteiger partial charge in [0, 0.05) is 13.7 Å². The Kier molecular flexibility index (Phi) is 7.77.